The first kappa shape index (κ1) is 8.94. The van der Waals surface area contributed by atoms with Crippen LogP contribution in [0.15, 0.2) is 12.1 Å². The van der Waals surface area contributed by atoms with Crippen LogP contribution in [0, 0.1) is 12.3 Å². The summed E-state index contributed by atoms with van der Waals surface area (Å²) in [5.41, 5.74) is 1.88. The fourth-order valence-corrected chi connectivity index (χ4v) is 1.24. The zero-order chi connectivity index (χ0) is 9.14. The van der Waals surface area contributed by atoms with Crippen molar-refractivity contribution in [1.82, 2.24) is 0 Å². The van der Waals surface area contributed by atoms with E-state index in [1.165, 1.54) is 0 Å². The van der Waals surface area contributed by atoms with Gasteiger partial charge in [-0.15, -0.1) is 0 Å². The van der Waals surface area contributed by atoms with Gasteiger partial charge in [0, 0.05) is 17.3 Å². The Bertz CT molecular complexity index is 301. The van der Waals surface area contributed by atoms with Crippen molar-refractivity contribution in [2.24, 2.45) is 0 Å². The summed E-state index contributed by atoms with van der Waals surface area (Å²) >= 11 is 5.75. The normalized spacial score (nSPS) is 9.50. The molecule has 0 atom stereocenters. The van der Waals surface area contributed by atoms with Crippen molar-refractivity contribution >= 4 is 24.1 Å². The van der Waals surface area contributed by atoms with E-state index in [-0.39, 0.29) is 0 Å². The molecule has 62 valence electrons. The van der Waals surface area contributed by atoms with Crippen molar-refractivity contribution in [3.8, 4) is 0 Å². The molecule has 0 heterocycles. The Kier molecular flexibility index (Phi) is 2.61. The highest BCUT2D eigenvalue weighted by atomic mass is 35.5. The van der Waals surface area contributed by atoms with Crippen LogP contribution in [-0.4, -0.2) is 12.5 Å². The molecule has 0 amide bonds. The molecule has 0 radical (unpaired) electrons. The summed E-state index contributed by atoms with van der Waals surface area (Å²) in [5, 5.41) is 7.48. The van der Waals surface area contributed by atoms with Crippen LogP contribution < -0.4 is 0 Å². The van der Waals surface area contributed by atoms with Crippen molar-refractivity contribution in [3.05, 3.63) is 33.8 Å². The lowest BCUT2D eigenvalue weighted by atomic mass is 10.0. The van der Waals surface area contributed by atoms with Crippen LogP contribution in [0.2, 0.25) is 5.02 Å². The Balaban J connectivity index is 3.48. The van der Waals surface area contributed by atoms with E-state index in [2.05, 4.69) is 0 Å². The zero-order valence-electron chi connectivity index (χ0n) is 6.60. The number of hydrogen-bond acceptors (Lipinski definition) is 2. The third-order valence-electron chi connectivity index (χ3n) is 1.71. The van der Waals surface area contributed by atoms with Gasteiger partial charge in [0.15, 0.2) is 6.29 Å². The van der Waals surface area contributed by atoms with Crippen LogP contribution in [-0.2, 0) is 0 Å². The van der Waals surface area contributed by atoms with Gasteiger partial charge in [0.2, 0.25) is 0 Å². The van der Waals surface area contributed by atoms with Gasteiger partial charge in [-0.25, -0.2) is 0 Å². The van der Waals surface area contributed by atoms with Crippen LogP contribution in [0.1, 0.15) is 21.5 Å². The van der Waals surface area contributed by atoms with E-state index in [9.17, 15) is 4.79 Å². The van der Waals surface area contributed by atoms with Crippen LogP contribution in [0.3, 0.4) is 0 Å². The summed E-state index contributed by atoms with van der Waals surface area (Å²) in [6.45, 7) is 1.84. The number of carbonyl (C=O) groups excluding carboxylic acids is 1. The van der Waals surface area contributed by atoms with Crippen molar-refractivity contribution in [1.29, 1.82) is 5.41 Å². The van der Waals surface area contributed by atoms with E-state index in [0.29, 0.717) is 22.4 Å². The number of aryl methyl sites for hydroxylation is 1. The first-order valence-corrected chi connectivity index (χ1v) is 3.83. The van der Waals surface area contributed by atoms with Gasteiger partial charge in [0.1, 0.15) is 0 Å². The molecule has 12 heavy (non-hydrogen) atoms. The average molecular weight is 182 g/mol. The first-order valence-electron chi connectivity index (χ1n) is 3.45. The third kappa shape index (κ3) is 1.38. The summed E-state index contributed by atoms with van der Waals surface area (Å²) in [7, 11) is 0. The largest absolute Gasteiger partial charge is 0.308 e. The lowest BCUT2D eigenvalue weighted by Crippen LogP contribution is -1.95. The summed E-state index contributed by atoms with van der Waals surface area (Å²) in [5.74, 6) is 0. The summed E-state index contributed by atoms with van der Waals surface area (Å²) in [4.78, 5) is 10.6. The van der Waals surface area contributed by atoms with Crippen LogP contribution in [0.5, 0.6) is 0 Å². The molecule has 0 bridgehead atoms. The predicted molar refractivity (Wildman–Crippen MR) is 49.5 cm³/mol. The van der Waals surface area contributed by atoms with Gasteiger partial charge in [-0.05, 0) is 18.6 Å². The smallest absolute Gasteiger partial charge is 0.152 e. The van der Waals surface area contributed by atoms with Gasteiger partial charge < -0.3 is 5.41 Å². The average Bonchev–Trinajstić information content (AvgIpc) is 2.08. The van der Waals surface area contributed by atoms with Crippen LogP contribution >= 0.6 is 11.6 Å². The molecule has 0 aromatic heterocycles. The molecule has 1 aromatic carbocycles. The number of carbonyl (C=O) groups is 1. The molecule has 0 saturated heterocycles. The molecule has 2 nitrogen and oxygen atoms in total. The maximum atomic E-state index is 10.6. The van der Waals surface area contributed by atoms with E-state index in [0.717, 1.165) is 11.8 Å². The Labute approximate surface area is 75.7 Å². The summed E-state index contributed by atoms with van der Waals surface area (Å²) in [6.07, 6.45) is 1.82. The number of aldehydes is 1. The summed E-state index contributed by atoms with van der Waals surface area (Å²) in [6, 6.07) is 3.45. The van der Waals surface area contributed by atoms with Crippen LogP contribution in [0.25, 0.3) is 0 Å². The van der Waals surface area contributed by atoms with Gasteiger partial charge in [0.05, 0.1) is 5.02 Å². The topological polar surface area (TPSA) is 40.9 Å². The van der Waals surface area contributed by atoms with E-state index in [1.54, 1.807) is 12.1 Å². The van der Waals surface area contributed by atoms with Crippen molar-refractivity contribution < 1.29 is 4.79 Å². The molecule has 1 rings (SSSR count). The highest BCUT2D eigenvalue weighted by Crippen LogP contribution is 2.19. The van der Waals surface area contributed by atoms with E-state index < -0.39 is 0 Å². The standard InChI is InChI=1S/C9H8ClNO/c1-6-2-3-9(10)8(5-12)7(6)4-11/h2-5,11H,1H3. The maximum Gasteiger partial charge on any atom is 0.152 e. The SMILES string of the molecule is Cc1ccc(Cl)c(C=O)c1C=N. The Morgan fingerprint density at radius 3 is 2.50 bits per heavy atom. The van der Waals surface area contributed by atoms with Crippen molar-refractivity contribution in [3.63, 3.8) is 0 Å². The maximum absolute atomic E-state index is 10.6. The molecule has 3 heteroatoms. The minimum Gasteiger partial charge on any atom is -0.308 e. The fraction of sp³-hybridized carbons (Fsp3) is 0.111. The van der Waals surface area contributed by atoms with E-state index in [4.69, 9.17) is 17.0 Å². The van der Waals surface area contributed by atoms with Gasteiger partial charge in [-0.2, -0.15) is 0 Å². The summed E-state index contributed by atoms with van der Waals surface area (Å²) < 4.78 is 0. The number of hydrogen-bond donors (Lipinski definition) is 1. The number of benzene rings is 1. The first-order chi connectivity index (χ1) is 5.70. The van der Waals surface area contributed by atoms with E-state index in [1.807, 2.05) is 6.92 Å². The number of nitrogens with one attached hydrogen (secondary N) is 1. The molecule has 0 aliphatic rings. The second-order valence-corrected chi connectivity index (χ2v) is 2.86. The van der Waals surface area contributed by atoms with Crippen LogP contribution in [0.4, 0.5) is 0 Å². The Morgan fingerprint density at radius 2 is 2.08 bits per heavy atom. The molecule has 0 fully saturated rings. The lowest BCUT2D eigenvalue weighted by Gasteiger charge is -2.03. The molecular weight excluding hydrogens is 174 g/mol. The number of rotatable bonds is 2. The Hall–Kier alpha value is -1.15. The molecule has 0 spiro atoms. The highest BCUT2D eigenvalue weighted by Gasteiger charge is 2.06. The molecule has 1 N–H and O–H groups in total. The fourth-order valence-electron chi connectivity index (χ4n) is 1.03. The molecular formula is C9H8ClNO. The predicted octanol–water partition coefficient (Wildman–Crippen LogP) is 2.46. The molecule has 0 aliphatic carbocycles. The quantitative estimate of drug-likeness (QED) is 0.553. The van der Waals surface area contributed by atoms with Gasteiger partial charge in [-0.1, -0.05) is 17.7 Å². The van der Waals surface area contributed by atoms with Gasteiger partial charge in [0.25, 0.3) is 0 Å². The molecule has 0 aliphatic heterocycles. The second-order valence-electron chi connectivity index (χ2n) is 2.45. The van der Waals surface area contributed by atoms with Crippen molar-refractivity contribution in [2.45, 2.75) is 6.92 Å². The monoisotopic (exact) mass is 181 g/mol. The molecule has 1 aromatic rings. The van der Waals surface area contributed by atoms with Gasteiger partial charge in [-0.3, -0.25) is 4.79 Å². The van der Waals surface area contributed by atoms with Gasteiger partial charge >= 0.3 is 0 Å². The number of halogens is 1. The minimum atomic E-state index is 0.395. The highest BCUT2D eigenvalue weighted by molar-refractivity contribution is 6.33. The second kappa shape index (κ2) is 3.50. The Morgan fingerprint density at radius 1 is 1.42 bits per heavy atom. The van der Waals surface area contributed by atoms with E-state index >= 15 is 0 Å². The molecule has 0 saturated carbocycles. The molecule has 0 unspecified atom stereocenters. The zero-order valence-corrected chi connectivity index (χ0v) is 7.35. The third-order valence-corrected chi connectivity index (χ3v) is 2.04. The minimum absolute atomic E-state index is 0.395. The lowest BCUT2D eigenvalue weighted by molar-refractivity contribution is 0.112. The van der Waals surface area contributed by atoms with Crippen molar-refractivity contribution in [2.75, 3.05) is 0 Å².